The highest BCUT2D eigenvalue weighted by Gasteiger charge is 2.21. The molecule has 0 aromatic heterocycles. The number of hydrogen-bond acceptors (Lipinski definition) is 4. The Kier molecular flexibility index (Phi) is 4.62. The zero-order chi connectivity index (χ0) is 12.8. The lowest BCUT2D eigenvalue weighted by Gasteiger charge is -2.19. The first-order valence-corrected chi connectivity index (χ1v) is 5.33. The molecule has 0 fully saturated rings. The lowest BCUT2D eigenvalue weighted by atomic mass is 10.1. The Morgan fingerprint density at radius 1 is 1.47 bits per heavy atom. The standard InChI is InChI=1S/C10H15N3O4/c1-13(6-2-3-9(15)16)10(17)7-4-5-8(14)12-11-7/h2-6H2,1H3,(H,12,14)(H,15,16). The summed E-state index contributed by atoms with van der Waals surface area (Å²) >= 11 is 0. The second kappa shape index (κ2) is 5.97. The Hall–Kier alpha value is -1.92. The normalized spacial score (nSPS) is 14.9. The van der Waals surface area contributed by atoms with Gasteiger partial charge >= 0.3 is 5.97 Å². The molecule has 0 radical (unpaired) electrons. The molecule has 0 saturated carbocycles. The van der Waals surface area contributed by atoms with Crippen molar-refractivity contribution >= 4 is 23.5 Å². The molecule has 2 N–H and O–H groups in total. The van der Waals surface area contributed by atoms with Crippen molar-refractivity contribution in [3.05, 3.63) is 0 Å². The van der Waals surface area contributed by atoms with Gasteiger partial charge in [0.05, 0.1) is 0 Å². The van der Waals surface area contributed by atoms with Gasteiger partial charge in [0.25, 0.3) is 5.91 Å². The smallest absolute Gasteiger partial charge is 0.303 e. The van der Waals surface area contributed by atoms with Crippen LogP contribution in [0, 0.1) is 0 Å². The van der Waals surface area contributed by atoms with Gasteiger partial charge < -0.3 is 10.0 Å². The van der Waals surface area contributed by atoms with Gasteiger partial charge in [-0.25, -0.2) is 5.43 Å². The van der Waals surface area contributed by atoms with E-state index in [0.717, 1.165) is 0 Å². The largest absolute Gasteiger partial charge is 0.481 e. The monoisotopic (exact) mass is 241 g/mol. The van der Waals surface area contributed by atoms with Crippen LogP contribution < -0.4 is 5.43 Å². The molecule has 7 nitrogen and oxygen atoms in total. The van der Waals surface area contributed by atoms with E-state index in [2.05, 4.69) is 10.5 Å². The zero-order valence-corrected chi connectivity index (χ0v) is 9.60. The van der Waals surface area contributed by atoms with Crippen LogP contribution in [0.15, 0.2) is 5.10 Å². The summed E-state index contributed by atoms with van der Waals surface area (Å²) < 4.78 is 0. The van der Waals surface area contributed by atoms with Crippen molar-refractivity contribution in [1.82, 2.24) is 10.3 Å². The van der Waals surface area contributed by atoms with Crippen LogP contribution in [0.5, 0.6) is 0 Å². The molecular weight excluding hydrogens is 226 g/mol. The van der Waals surface area contributed by atoms with E-state index >= 15 is 0 Å². The fraction of sp³-hybridized carbons (Fsp3) is 0.600. The van der Waals surface area contributed by atoms with E-state index in [9.17, 15) is 14.4 Å². The minimum atomic E-state index is -0.881. The maximum absolute atomic E-state index is 11.8. The van der Waals surface area contributed by atoms with Crippen molar-refractivity contribution in [3.63, 3.8) is 0 Å². The summed E-state index contributed by atoms with van der Waals surface area (Å²) in [7, 11) is 1.59. The fourth-order valence-electron chi connectivity index (χ4n) is 1.42. The number of carboxylic acid groups (broad SMARTS) is 1. The third-order valence-corrected chi connectivity index (χ3v) is 2.38. The topological polar surface area (TPSA) is 99.1 Å². The van der Waals surface area contributed by atoms with Crippen LogP contribution in [-0.4, -0.2) is 47.1 Å². The number of hydrogen-bond donors (Lipinski definition) is 2. The van der Waals surface area contributed by atoms with Gasteiger partial charge in [-0.3, -0.25) is 14.4 Å². The molecule has 0 atom stereocenters. The highest BCUT2D eigenvalue weighted by molar-refractivity contribution is 6.39. The van der Waals surface area contributed by atoms with Crippen molar-refractivity contribution < 1.29 is 19.5 Å². The number of rotatable bonds is 5. The summed E-state index contributed by atoms with van der Waals surface area (Å²) in [6, 6.07) is 0. The molecule has 0 aromatic carbocycles. The summed E-state index contributed by atoms with van der Waals surface area (Å²) in [5, 5.41) is 12.2. The molecule has 1 aliphatic rings. The van der Waals surface area contributed by atoms with Crippen LogP contribution in [0.3, 0.4) is 0 Å². The molecular formula is C10H15N3O4. The van der Waals surface area contributed by atoms with Gasteiger partial charge in [-0.2, -0.15) is 5.10 Å². The highest BCUT2D eigenvalue weighted by Crippen LogP contribution is 2.03. The van der Waals surface area contributed by atoms with Gasteiger partial charge in [0.2, 0.25) is 5.91 Å². The lowest BCUT2D eigenvalue weighted by molar-refractivity contribution is -0.137. The lowest BCUT2D eigenvalue weighted by Crippen LogP contribution is -2.38. The van der Waals surface area contributed by atoms with Crippen LogP contribution in [0.25, 0.3) is 0 Å². The first kappa shape index (κ1) is 13.1. The number of hydrazone groups is 1. The predicted octanol–water partition coefficient (Wildman–Crippen LogP) is -0.424. The molecule has 0 spiro atoms. The quantitative estimate of drug-likeness (QED) is 0.682. The van der Waals surface area contributed by atoms with E-state index in [1.165, 1.54) is 4.90 Å². The van der Waals surface area contributed by atoms with E-state index in [1.54, 1.807) is 7.05 Å². The average molecular weight is 241 g/mol. The van der Waals surface area contributed by atoms with Gasteiger partial charge in [-0.1, -0.05) is 0 Å². The molecule has 0 saturated heterocycles. The minimum Gasteiger partial charge on any atom is -0.481 e. The molecule has 0 unspecified atom stereocenters. The van der Waals surface area contributed by atoms with Gasteiger partial charge in [0.1, 0.15) is 5.71 Å². The SMILES string of the molecule is CN(CCCC(=O)O)C(=O)C1=NNC(=O)CC1. The molecule has 17 heavy (non-hydrogen) atoms. The van der Waals surface area contributed by atoms with E-state index in [1.807, 2.05) is 0 Å². The highest BCUT2D eigenvalue weighted by atomic mass is 16.4. The molecule has 1 heterocycles. The molecule has 7 heteroatoms. The maximum atomic E-state index is 11.8. The van der Waals surface area contributed by atoms with Gasteiger partial charge in [-0.05, 0) is 6.42 Å². The fourth-order valence-corrected chi connectivity index (χ4v) is 1.42. The minimum absolute atomic E-state index is 0.0286. The molecule has 2 amide bonds. The Bertz CT molecular complexity index is 365. The number of nitrogens with zero attached hydrogens (tertiary/aromatic N) is 2. The Balaban J connectivity index is 2.41. The first-order valence-electron chi connectivity index (χ1n) is 5.33. The zero-order valence-electron chi connectivity index (χ0n) is 9.60. The molecule has 0 aliphatic carbocycles. The number of aliphatic carboxylic acids is 1. The van der Waals surface area contributed by atoms with Crippen LogP contribution in [0.2, 0.25) is 0 Å². The number of carbonyl (C=O) groups excluding carboxylic acids is 2. The third kappa shape index (κ3) is 4.21. The molecule has 0 aromatic rings. The third-order valence-electron chi connectivity index (χ3n) is 2.38. The second-order valence-electron chi connectivity index (χ2n) is 3.82. The van der Waals surface area contributed by atoms with E-state index in [4.69, 9.17) is 5.11 Å². The average Bonchev–Trinajstić information content (AvgIpc) is 2.28. The van der Waals surface area contributed by atoms with Crippen molar-refractivity contribution in [1.29, 1.82) is 0 Å². The van der Waals surface area contributed by atoms with E-state index in [-0.39, 0.29) is 24.7 Å². The second-order valence-corrected chi connectivity index (χ2v) is 3.82. The van der Waals surface area contributed by atoms with Crippen LogP contribution in [0.1, 0.15) is 25.7 Å². The van der Waals surface area contributed by atoms with Crippen molar-refractivity contribution in [2.45, 2.75) is 25.7 Å². The van der Waals surface area contributed by atoms with Crippen molar-refractivity contribution in [2.24, 2.45) is 5.10 Å². The maximum Gasteiger partial charge on any atom is 0.303 e. The Morgan fingerprint density at radius 2 is 2.18 bits per heavy atom. The van der Waals surface area contributed by atoms with E-state index < -0.39 is 5.97 Å². The Labute approximate surface area is 98.5 Å². The molecule has 0 bridgehead atoms. The number of carboxylic acids is 1. The number of carbonyl (C=O) groups is 3. The molecule has 1 aliphatic heterocycles. The van der Waals surface area contributed by atoms with E-state index in [0.29, 0.717) is 25.1 Å². The Morgan fingerprint density at radius 3 is 2.71 bits per heavy atom. The van der Waals surface area contributed by atoms with Crippen LogP contribution >= 0.6 is 0 Å². The van der Waals surface area contributed by atoms with Crippen LogP contribution in [0.4, 0.5) is 0 Å². The summed E-state index contributed by atoms with van der Waals surface area (Å²) in [4.78, 5) is 34.3. The molecule has 1 rings (SSSR count). The first-order chi connectivity index (χ1) is 8.00. The summed E-state index contributed by atoms with van der Waals surface area (Å²) in [6.45, 7) is 0.359. The van der Waals surface area contributed by atoms with Gasteiger partial charge in [-0.15, -0.1) is 0 Å². The van der Waals surface area contributed by atoms with Gasteiger partial charge in [0.15, 0.2) is 0 Å². The molecule has 94 valence electrons. The van der Waals surface area contributed by atoms with Crippen molar-refractivity contribution in [3.8, 4) is 0 Å². The van der Waals surface area contributed by atoms with Gasteiger partial charge in [0, 0.05) is 32.9 Å². The predicted molar refractivity (Wildman–Crippen MR) is 59.3 cm³/mol. The number of nitrogens with one attached hydrogen (secondary N) is 1. The van der Waals surface area contributed by atoms with Crippen molar-refractivity contribution in [2.75, 3.05) is 13.6 Å². The van der Waals surface area contributed by atoms with Crippen LogP contribution in [-0.2, 0) is 14.4 Å². The summed E-state index contributed by atoms with van der Waals surface area (Å²) in [6.07, 6.45) is 1.01. The number of amides is 2. The summed E-state index contributed by atoms with van der Waals surface area (Å²) in [5.41, 5.74) is 2.56. The summed E-state index contributed by atoms with van der Waals surface area (Å²) in [5.74, 6) is -1.35.